The van der Waals surface area contributed by atoms with Crippen molar-refractivity contribution >= 4 is 29.9 Å². The van der Waals surface area contributed by atoms with Gasteiger partial charge in [0.25, 0.3) is 0 Å². The smallest absolute Gasteiger partial charge is 0.208 e. The lowest BCUT2D eigenvalue weighted by Crippen LogP contribution is -2.45. The van der Waals surface area contributed by atoms with E-state index < -0.39 is 0 Å². The Hall–Kier alpha value is -1.69. The first-order valence-corrected chi connectivity index (χ1v) is 11.7. The Morgan fingerprint density at radius 1 is 1.19 bits per heavy atom. The van der Waals surface area contributed by atoms with Crippen LogP contribution in [0.25, 0.3) is 0 Å². The van der Waals surface area contributed by atoms with Gasteiger partial charge in [0, 0.05) is 32.1 Å². The molecule has 0 unspecified atom stereocenters. The molecule has 2 fully saturated rings. The SMILES string of the molecule is CCNC(=NCC1CCN(Cc2nc(C)c(C)o2)CC1)N1CCC(c2ncn[nH]2)CC1.I. The van der Waals surface area contributed by atoms with Crippen molar-refractivity contribution in [2.75, 3.05) is 39.3 Å². The zero-order chi connectivity index (χ0) is 21.6. The number of aliphatic imine (C=N–C) groups is 1. The Kier molecular flexibility index (Phi) is 9.33. The highest BCUT2D eigenvalue weighted by Gasteiger charge is 2.25. The molecule has 0 radical (unpaired) electrons. The molecule has 0 atom stereocenters. The van der Waals surface area contributed by atoms with E-state index in [-0.39, 0.29) is 24.0 Å². The molecular formula is C22H37IN8O. The highest BCUT2D eigenvalue weighted by atomic mass is 127. The van der Waals surface area contributed by atoms with Gasteiger partial charge in [0.15, 0.2) is 5.96 Å². The van der Waals surface area contributed by atoms with E-state index in [1.165, 1.54) is 12.8 Å². The van der Waals surface area contributed by atoms with Crippen molar-refractivity contribution in [3.63, 3.8) is 0 Å². The largest absolute Gasteiger partial charge is 0.444 e. The number of oxazole rings is 1. The Labute approximate surface area is 207 Å². The van der Waals surface area contributed by atoms with Crippen LogP contribution in [0.5, 0.6) is 0 Å². The Morgan fingerprint density at radius 2 is 1.94 bits per heavy atom. The number of likely N-dealkylation sites (tertiary alicyclic amines) is 2. The van der Waals surface area contributed by atoms with Gasteiger partial charge >= 0.3 is 0 Å². The van der Waals surface area contributed by atoms with Crippen molar-refractivity contribution in [1.29, 1.82) is 0 Å². The summed E-state index contributed by atoms with van der Waals surface area (Å²) >= 11 is 0. The molecule has 0 saturated carbocycles. The third kappa shape index (κ3) is 6.43. The Bertz CT molecular complexity index is 817. The lowest BCUT2D eigenvalue weighted by molar-refractivity contribution is 0.166. The predicted octanol–water partition coefficient (Wildman–Crippen LogP) is 3.08. The fourth-order valence-electron chi connectivity index (χ4n) is 4.54. The summed E-state index contributed by atoms with van der Waals surface area (Å²) in [6.07, 6.45) is 6.12. The number of H-pyrrole nitrogens is 1. The molecule has 2 aliphatic heterocycles. The van der Waals surface area contributed by atoms with Gasteiger partial charge in [0.05, 0.1) is 12.2 Å². The van der Waals surface area contributed by atoms with Crippen LogP contribution in [0.4, 0.5) is 0 Å². The zero-order valence-corrected chi connectivity index (χ0v) is 21.8. The number of nitrogens with one attached hydrogen (secondary N) is 2. The van der Waals surface area contributed by atoms with Crippen LogP contribution in [0.15, 0.2) is 15.7 Å². The molecular weight excluding hydrogens is 519 g/mol. The molecule has 0 aromatic carbocycles. The number of aromatic nitrogens is 4. The second-order valence-corrected chi connectivity index (χ2v) is 8.80. The molecule has 4 rings (SSSR count). The predicted molar refractivity (Wildman–Crippen MR) is 135 cm³/mol. The van der Waals surface area contributed by atoms with Gasteiger partial charge in [-0.05, 0) is 65.5 Å². The fourth-order valence-corrected chi connectivity index (χ4v) is 4.54. The summed E-state index contributed by atoms with van der Waals surface area (Å²) in [4.78, 5) is 18.7. The van der Waals surface area contributed by atoms with Crippen LogP contribution in [-0.2, 0) is 6.54 Å². The second kappa shape index (κ2) is 12.0. The third-order valence-corrected chi connectivity index (χ3v) is 6.59. The van der Waals surface area contributed by atoms with Gasteiger partial charge in [-0.25, -0.2) is 9.97 Å². The number of hydrogen-bond acceptors (Lipinski definition) is 6. The minimum atomic E-state index is 0. The first-order valence-electron chi connectivity index (χ1n) is 11.7. The third-order valence-electron chi connectivity index (χ3n) is 6.59. The number of hydrogen-bond donors (Lipinski definition) is 2. The van der Waals surface area contributed by atoms with E-state index in [0.29, 0.717) is 11.8 Å². The van der Waals surface area contributed by atoms with Gasteiger partial charge in [-0.15, -0.1) is 24.0 Å². The molecule has 0 amide bonds. The highest BCUT2D eigenvalue weighted by Crippen LogP contribution is 2.25. The van der Waals surface area contributed by atoms with Gasteiger partial charge in [0.2, 0.25) is 5.89 Å². The lowest BCUT2D eigenvalue weighted by atomic mass is 9.96. The highest BCUT2D eigenvalue weighted by molar-refractivity contribution is 14.0. The van der Waals surface area contributed by atoms with Crippen LogP contribution in [0.1, 0.15) is 61.7 Å². The molecule has 2 aromatic rings. The molecule has 10 heteroatoms. The first-order chi connectivity index (χ1) is 15.1. The Morgan fingerprint density at radius 3 is 2.53 bits per heavy atom. The maximum absolute atomic E-state index is 5.75. The van der Waals surface area contributed by atoms with E-state index in [1.54, 1.807) is 6.33 Å². The van der Waals surface area contributed by atoms with E-state index in [0.717, 1.165) is 87.8 Å². The Balaban J connectivity index is 0.00000289. The van der Waals surface area contributed by atoms with Crippen LogP contribution in [0.3, 0.4) is 0 Å². The molecule has 0 spiro atoms. The summed E-state index contributed by atoms with van der Waals surface area (Å²) in [5.41, 5.74) is 1.00. The molecule has 2 aliphatic rings. The average molecular weight is 556 g/mol. The summed E-state index contributed by atoms with van der Waals surface area (Å²) in [6, 6.07) is 0. The number of nitrogens with zero attached hydrogens (tertiary/aromatic N) is 6. The number of rotatable bonds is 6. The molecule has 0 aliphatic carbocycles. The van der Waals surface area contributed by atoms with Crippen molar-refractivity contribution < 1.29 is 4.42 Å². The van der Waals surface area contributed by atoms with Crippen LogP contribution < -0.4 is 5.32 Å². The summed E-state index contributed by atoms with van der Waals surface area (Å²) in [6.45, 7) is 12.9. The van der Waals surface area contributed by atoms with E-state index in [4.69, 9.17) is 9.41 Å². The molecule has 178 valence electrons. The minimum Gasteiger partial charge on any atom is -0.444 e. The van der Waals surface area contributed by atoms with Crippen molar-refractivity contribution in [1.82, 2.24) is 35.3 Å². The van der Waals surface area contributed by atoms with Crippen LogP contribution in [-0.4, -0.2) is 75.2 Å². The number of halogens is 1. The standard InChI is InChI=1S/C22H36N8O.HI/c1-4-23-22(30-11-7-19(8-12-30)21-25-15-26-28-21)24-13-18-5-9-29(10-6-18)14-20-27-16(2)17(3)31-20;/h15,18-19H,4-14H2,1-3H3,(H,23,24)(H,25,26,28);1H. The van der Waals surface area contributed by atoms with Crippen LogP contribution in [0.2, 0.25) is 0 Å². The van der Waals surface area contributed by atoms with Gasteiger partial charge in [-0.1, -0.05) is 0 Å². The van der Waals surface area contributed by atoms with Crippen LogP contribution >= 0.6 is 24.0 Å². The molecule has 32 heavy (non-hydrogen) atoms. The van der Waals surface area contributed by atoms with Crippen molar-refractivity contribution in [3.05, 3.63) is 29.5 Å². The maximum Gasteiger partial charge on any atom is 0.208 e. The van der Waals surface area contributed by atoms with Gasteiger partial charge < -0.3 is 14.6 Å². The normalized spacial score (nSPS) is 19.2. The van der Waals surface area contributed by atoms with Crippen molar-refractivity contribution in [2.24, 2.45) is 10.9 Å². The molecule has 2 N–H and O–H groups in total. The van der Waals surface area contributed by atoms with Gasteiger partial charge in [0.1, 0.15) is 17.9 Å². The quantitative estimate of drug-likeness (QED) is 0.321. The van der Waals surface area contributed by atoms with E-state index in [2.05, 4.69) is 42.2 Å². The topological polar surface area (TPSA) is 98.5 Å². The fraction of sp³-hybridized carbons (Fsp3) is 0.727. The molecule has 4 heterocycles. The summed E-state index contributed by atoms with van der Waals surface area (Å²) in [7, 11) is 0. The van der Waals surface area contributed by atoms with Crippen LogP contribution in [0, 0.1) is 19.8 Å². The monoisotopic (exact) mass is 556 g/mol. The lowest BCUT2D eigenvalue weighted by Gasteiger charge is -2.34. The molecule has 2 saturated heterocycles. The second-order valence-electron chi connectivity index (χ2n) is 8.80. The van der Waals surface area contributed by atoms with Gasteiger partial charge in [-0.2, -0.15) is 5.10 Å². The first kappa shape index (κ1) is 24.9. The number of guanidine groups is 1. The van der Waals surface area contributed by atoms with Crippen molar-refractivity contribution in [2.45, 2.75) is 58.9 Å². The molecule has 0 bridgehead atoms. The maximum atomic E-state index is 5.75. The molecule has 9 nitrogen and oxygen atoms in total. The molecule has 2 aromatic heterocycles. The van der Waals surface area contributed by atoms with Gasteiger partial charge in [-0.3, -0.25) is 15.0 Å². The minimum absolute atomic E-state index is 0. The number of aromatic amines is 1. The van der Waals surface area contributed by atoms with Crippen molar-refractivity contribution in [3.8, 4) is 0 Å². The van der Waals surface area contributed by atoms with E-state index in [9.17, 15) is 0 Å². The van der Waals surface area contributed by atoms with E-state index in [1.807, 2.05) is 13.8 Å². The summed E-state index contributed by atoms with van der Waals surface area (Å²) in [5, 5.41) is 10.5. The van der Waals surface area contributed by atoms with E-state index >= 15 is 0 Å². The average Bonchev–Trinajstić information content (AvgIpc) is 3.42. The summed E-state index contributed by atoms with van der Waals surface area (Å²) < 4.78 is 5.75. The number of aryl methyl sites for hydroxylation is 2. The zero-order valence-electron chi connectivity index (χ0n) is 19.5. The summed E-state index contributed by atoms with van der Waals surface area (Å²) in [5.74, 6) is 4.97. The number of piperidine rings is 2.